The maximum atomic E-state index is 11.8. The molecule has 1 fully saturated rings. The van der Waals surface area contributed by atoms with Crippen molar-refractivity contribution >= 4 is 23.2 Å². The predicted octanol–water partition coefficient (Wildman–Crippen LogP) is 1.45. The minimum atomic E-state index is -0.534. The number of aromatic nitrogens is 3. The van der Waals surface area contributed by atoms with Gasteiger partial charge in [0.05, 0.1) is 17.9 Å². The molecule has 0 aromatic carbocycles. The van der Waals surface area contributed by atoms with Gasteiger partial charge in [0.2, 0.25) is 0 Å². The van der Waals surface area contributed by atoms with Gasteiger partial charge in [0.25, 0.3) is 5.91 Å². The SMILES string of the molecule is Cc1cc(Nc2nn(C3CCCCC3N)cc2C(N)=O)cnc1N. The van der Waals surface area contributed by atoms with Crippen LogP contribution >= 0.6 is 0 Å². The third kappa shape index (κ3) is 3.18. The second-order valence-corrected chi connectivity index (χ2v) is 6.30. The van der Waals surface area contributed by atoms with Crippen molar-refractivity contribution in [2.45, 2.75) is 44.7 Å². The molecule has 2 aromatic rings. The zero-order chi connectivity index (χ0) is 17.3. The van der Waals surface area contributed by atoms with Crippen LogP contribution in [-0.2, 0) is 0 Å². The van der Waals surface area contributed by atoms with E-state index in [1.807, 2.05) is 13.0 Å². The molecule has 3 rings (SSSR count). The number of nitrogens with zero attached hydrogens (tertiary/aromatic N) is 3. The number of primary amides is 1. The van der Waals surface area contributed by atoms with Crippen molar-refractivity contribution in [1.82, 2.24) is 14.8 Å². The monoisotopic (exact) mass is 329 g/mol. The van der Waals surface area contributed by atoms with Crippen molar-refractivity contribution in [3.05, 3.63) is 29.6 Å². The Kier molecular flexibility index (Phi) is 4.39. The molecule has 8 heteroatoms. The minimum absolute atomic E-state index is 0.0349. The molecule has 2 atom stereocenters. The van der Waals surface area contributed by atoms with Crippen molar-refractivity contribution in [3.8, 4) is 0 Å². The lowest BCUT2D eigenvalue weighted by molar-refractivity contribution is 0.100. The van der Waals surface area contributed by atoms with Gasteiger partial charge in [-0.25, -0.2) is 4.98 Å². The summed E-state index contributed by atoms with van der Waals surface area (Å²) in [6.45, 7) is 1.86. The third-order valence-corrected chi connectivity index (χ3v) is 4.50. The summed E-state index contributed by atoms with van der Waals surface area (Å²) in [7, 11) is 0. The van der Waals surface area contributed by atoms with Gasteiger partial charge in [-0.3, -0.25) is 9.48 Å². The molecule has 7 N–H and O–H groups in total. The number of aryl methyl sites for hydroxylation is 1. The fourth-order valence-electron chi connectivity index (χ4n) is 3.09. The number of rotatable bonds is 4. The zero-order valence-corrected chi connectivity index (χ0v) is 13.7. The molecule has 128 valence electrons. The van der Waals surface area contributed by atoms with Crippen molar-refractivity contribution in [3.63, 3.8) is 0 Å². The fourth-order valence-corrected chi connectivity index (χ4v) is 3.09. The van der Waals surface area contributed by atoms with E-state index in [2.05, 4.69) is 15.4 Å². The van der Waals surface area contributed by atoms with Gasteiger partial charge in [0.15, 0.2) is 5.82 Å². The molecule has 1 saturated carbocycles. The van der Waals surface area contributed by atoms with E-state index < -0.39 is 5.91 Å². The number of anilines is 3. The fraction of sp³-hybridized carbons (Fsp3) is 0.438. The van der Waals surface area contributed by atoms with Crippen LogP contribution in [0.15, 0.2) is 18.5 Å². The molecule has 0 saturated heterocycles. The highest BCUT2D eigenvalue weighted by molar-refractivity contribution is 5.98. The Morgan fingerprint density at radius 1 is 1.38 bits per heavy atom. The second kappa shape index (κ2) is 6.48. The first-order valence-electron chi connectivity index (χ1n) is 8.09. The Bertz CT molecular complexity index is 755. The summed E-state index contributed by atoms with van der Waals surface area (Å²) in [5.41, 5.74) is 19.3. The average Bonchev–Trinajstić information content (AvgIpc) is 2.95. The first-order valence-corrected chi connectivity index (χ1v) is 8.09. The van der Waals surface area contributed by atoms with Crippen LogP contribution in [0, 0.1) is 6.92 Å². The van der Waals surface area contributed by atoms with Gasteiger partial charge in [-0.2, -0.15) is 5.10 Å². The maximum absolute atomic E-state index is 11.8. The van der Waals surface area contributed by atoms with E-state index in [0.717, 1.165) is 31.2 Å². The number of carbonyl (C=O) groups excluding carboxylic acids is 1. The van der Waals surface area contributed by atoms with E-state index in [1.165, 1.54) is 0 Å². The maximum Gasteiger partial charge on any atom is 0.254 e. The van der Waals surface area contributed by atoms with Crippen molar-refractivity contribution in [2.24, 2.45) is 11.5 Å². The summed E-state index contributed by atoms with van der Waals surface area (Å²) in [6.07, 6.45) is 7.41. The minimum Gasteiger partial charge on any atom is -0.383 e. The summed E-state index contributed by atoms with van der Waals surface area (Å²) in [5, 5.41) is 7.62. The summed E-state index contributed by atoms with van der Waals surface area (Å²) >= 11 is 0. The molecule has 1 aliphatic carbocycles. The van der Waals surface area contributed by atoms with Crippen molar-refractivity contribution < 1.29 is 4.79 Å². The molecular formula is C16H23N7O. The molecule has 1 aliphatic rings. The largest absolute Gasteiger partial charge is 0.383 e. The van der Waals surface area contributed by atoms with E-state index in [-0.39, 0.29) is 12.1 Å². The summed E-state index contributed by atoms with van der Waals surface area (Å²) in [4.78, 5) is 15.9. The zero-order valence-electron chi connectivity index (χ0n) is 13.7. The lowest BCUT2D eigenvalue weighted by atomic mass is 9.91. The quantitative estimate of drug-likeness (QED) is 0.670. The van der Waals surface area contributed by atoms with Gasteiger partial charge in [-0.1, -0.05) is 12.8 Å². The van der Waals surface area contributed by atoms with Crippen LogP contribution in [0.3, 0.4) is 0 Å². The van der Waals surface area contributed by atoms with Gasteiger partial charge in [-0.05, 0) is 31.4 Å². The summed E-state index contributed by atoms with van der Waals surface area (Å²) in [6, 6.07) is 1.96. The van der Waals surface area contributed by atoms with E-state index in [4.69, 9.17) is 17.2 Å². The Labute approximate surface area is 140 Å². The number of hydrogen-bond donors (Lipinski definition) is 4. The summed E-state index contributed by atoms with van der Waals surface area (Å²) < 4.78 is 1.77. The van der Waals surface area contributed by atoms with Crippen LogP contribution in [-0.4, -0.2) is 26.7 Å². The average molecular weight is 329 g/mol. The van der Waals surface area contributed by atoms with Crippen LogP contribution in [0.4, 0.5) is 17.3 Å². The van der Waals surface area contributed by atoms with Crippen molar-refractivity contribution in [2.75, 3.05) is 11.1 Å². The number of carbonyl (C=O) groups is 1. The number of nitrogens with two attached hydrogens (primary N) is 3. The van der Waals surface area contributed by atoms with Crippen LogP contribution in [0.1, 0.15) is 47.6 Å². The molecule has 0 radical (unpaired) electrons. The van der Waals surface area contributed by atoms with E-state index in [9.17, 15) is 4.79 Å². The summed E-state index contributed by atoms with van der Waals surface area (Å²) in [5.74, 6) is 0.342. The third-order valence-electron chi connectivity index (χ3n) is 4.50. The van der Waals surface area contributed by atoms with Crippen LogP contribution in [0.5, 0.6) is 0 Å². The Morgan fingerprint density at radius 3 is 2.79 bits per heavy atom. The molecular weight excluding hydrogens is 306 g/mol. The Morgan fingerprint density at radius 2 is 2.12 bits per heavy atom. The molecule has 2 aromatic heterocycles. The van der Waals surface area contributed by atoms with Crippen LogP contribution in [0.2, 0.25) is 0 Å². The molecule has 0 bridgehead atoms. The molecule has 2 heterocycles. The number of pyridine rings is 1. The molecule has 0 aliphatic heterocycles. The van der Waals surface area contributed by atoms with Gasteiger partial charge >= 0.3 is 0 Å². The standard InChI is InChI=1S/C16H23N7O/c1-9-6-10(7-20-14(9)18)21-16-11(15(19)24)8-23(22-16)13-5-3-2-4-12(13)17/h6-8,12-13H,2-5,17H2,1H3,(H2,18,20)(H2,19,24)(H,21,22). The number of amides is 1. The molecule has 8 nitrogen and oxygen atoms in total. The smallest absolute Gasteiger partial charge is 0.254 e. The lowest BCUT2D eigenvalue weighted by Crippen LogP contribution is -2.35. The van der Waals surface area contributed by atoms with Gasteiger partial charge < -0.3 is 22.5 Å². The molecule has 24 heavy (non-hydrogen) atoms. The molecule has 2 unspecified atom stereocenters. The predicted molar refractivity (Wildman–Crippen MR) is 92.9 cm³/mol. The number of nitrogen functional groups attached to an aromatic ring is 1. The first-order chi connectivity index (χ1) is 11.5. The number of hydrogen-bond acceptors (Lipinski definition) is 6. The first kappa shape index (κ1) is 16.3. The van der Waals surface area contributed by atoms with Gasteiger partial charge in [0.1, 0.15) is 11.4 Å². The normalized spacial score (nSPS) is 20.8. The highest BCUT2D eigenvalue weighted by Crippen LogP contribution is 2.29. The second-order valence-electron chi connectivity index (χ2n) is 6.30. The van der Waals surface area contributed by atoms with E-state index >= 15 is 0 Å². The highest BCUT2D eigenvalue weighted by atomic mass is 16.1. The van der Waals surface area contributed by atoms with E-state index in [0.29, 0.717) is 22.9 Å². The van der Waals surface area contributed by atoms with Gasteiger partial charge in [-0.15, -0.1) is 0 Å². The van der Waals surface area contributed by atoms with Crippen LogP contribution in [0.25, 0.3) is 0 Å². The lowest BCUT2D eigenvalue weighted by Gasteiger charge is -2.28. The highest BCUT2D eigenvalue weighted by Gasteiger charge is 2.26. The Hall–Kier alpha value is -2.61. The van der Waals surface area contributed by atoms with Gasteiger partial charge in [0, 0.05) is 12.2 Å². The molecule has 0 spiro atoms. The Balaban J connectivity index is 1.91. The topological polar surface area (TPSA) is 138 Å². The van der Waals surface area contributed by atoms with Crippen LogP contribution < -0.4 is 22.5 Å². The molecule has 1 amide bonds. The number of nitrogens with one attached hydrogen (secondary N) is 1. The van der Waals surface area contributed by atoms with Crippen molar-refractivity contribution in [1.29, 1.82) is 0 Å². The van der Waals surface area contributed by atoms with E-state index in [1.54, 1.807) is 17.1 Å².